The van der Waals surface area contributed by atoms with Gasteiger partial charge in [-0.25, -0.2) is 0 Å². The van der Waals surface area contributed by atoms with Crippen LogP contribution in [0, 0.1) is 0 Å². The predicted molar refractivity (Wildman–Crippen MR) is 71.2 cm³/mol. The van der Waals surface area contributed by atoms with Crippen LogP contribution >= 0.6 is 15.9 Å². The Morgan fingerprint density at radius 1 is 1.41 bits per heavy atom. The third-order valence-electron chi connectivity index (χ3n) is 2.94. The summed E-state index contributed by atoms with van der Waals surface area (Å²) >= 11 is 3.53. The molecule has 4 heteroatoms. The fourth-order valence-corrected chi connectivity index (χ4v) is 2.36. The van der Waals surface area contributed by atoms with Crippen molar-refractivity contribution in [3.63, 3.8) is 0 Å². The molecule has 3 nitrogen and oxygen atoms in total. The van der Waals surface area contributed by atoms with Crippen LogP contribution in [0.5, 0.6) is 5.75 Å². The molecule has 94 valence electrons. The topological polar surface area (TPSA) is 44.5 Å². The molecule has 1 aromatic carbocycles. The Bertz CT molecular complexity index is 376. The van der Waals surface area contributed by atoms with Crippen LogP contribution in [0.4, 0.5) is 0 Å². The lowest BCUT2D eigenvalue weighted by Gasteiger charge is -2.24. The molecule has 0 aliphatic carbocycles. The van der Waals surface area contributed by atoms with Gasteiger partial charge in [0, 0.05) is 18.9 Å². The van der Waals surface area contributed by atoms with Crippen molar-refractivity contribution in [3.05, 3.63) is 28.2 Å². The zero-order valence-electron chi connectivity index (χ0n) is 9.99. The van der Waals surface area contributed by atoms with Crippen molar-refractivity contribution in [3.8, 4) is 5.75 Å². The Labute approximate surface area is 110 Å². The largest absolute Gasteiger partial charge is 0.489 e. The minimum absolute atomic E-state index is 0.0448. The maximum atomic E-state index is 5.95. The number of halogens is 1. The Morgan fingerprint density at radius 3 is 2.71 bits per heavy atom. The average Bonchev–Trinajstić information content (AvgIpc) is 2.33. The molecule has 2 N–H and O–H groups in total. The first kappa shape index (κ1) is 12.9. The molecule has 0 aromatic heterocycles. The summed E-state index contributed by atoms with van der Waals surface area (Å²) < 4.78 is 12.2. The third kappa shape index (κ3) is 3.44. The lowest BCUT2D eigenvalue weighted by atomic mass is 10.1. The van der Waals surface area contributed by atoms with Crippen LogP contribution in [0.1, 0.15) is 31.4 Å². The lowest BCUT2D eigenvalue weighted by Crippen LogP contribution is -2.26. The van der Waals surface area contributed by atoms with Crippen molar-refractivity contribution in [2.24, 2.45) is 5.73 Å². The summed E-state index contributed by atoms with van der Waals surface area (Å²) in [4.78, 5) is 0. The maximum Gasteiger partial charge on any atom is 0.133 e. The normalized spacial score (nSPS) is 19.0. The summed E-state index contributed by atoms with van der Waals surface area (Å²) in [5.74, 6) is 0.890. The Balaban J connectivity index is 2.05. The van der Waals surface area contributed by atoms with Crippen molar-refractivity contribution < 1.29 is 9.47 Å². The molecule has 2 rings (SSSR count). The lowest BCUT2D eigenvalue weighted by molar-refractivity contribution is 0.0252. The molecule has 1 fully saturated rings. The van der Waals surface area contributed by atoms with Crippen LogP contribution in [-0.4, -0.2) is 19.3 Å². The highest BCUT2D eigenvalue weighted by atomic mass is 79.9. The molecule has 1 aliphatic heterocycles. The van der Waals surface area contributed by atoms with E-state index in [4.69, 9.17) is 15.2 Å². The molecule has 1 aromatic rings. The molecule has 0 bridgehead atoms. The van der Waals surface area contributed by atoms with Crippen molar-refractivity contribution in [1.29, 1.82) is 0 Å². The minimum atomic E-state index is 0.0448. The van der Waals surface area contributed by atoms with Crippen LogP contribution in [0.15, 0.2) is 22.7 Å². The number of benzene rings is 1. The van der Waals surface area contributed by atoms with E-state index < -0.39 is 0 Å². The third-order valence-corrected chi connectivity index (χ3v) is 3.56. The van der Waals surface area contributed by atoms with Gasteiger partial charge in [-0.3, -0.25) is 0 Å². The van der Waals surface area contributed by atoms with E-state index >= 15 is 0 Å². The van der Waals surface area contributed by atoms with Gasteiger partial charge in [0.2, 0.25) is 0 Å². The van der Waals surface area contributed by atoms with Crippen LogP contribution < -0.4 is 10.5 Å². The van der Waals surface area contributed by atoms with Crippen LogP contribution in [0.2, 0.25) is 0 Å². The van der Waals surface area contributed by atoms with Crippen molar-refractivity contribution in [2.45, 2.75) is 31.9 Å². The van der Waals surface area contributed by atoms with E-state index in [1.807, 2.05) is 25.1 Å². The van der Waals surface area contributed by atoms with Gasteiger partial charge in [0.05, 0.1) is 17.7 Å². The second-order valence-electron chi connectivity index (χ2n) is 4.41. The molecule has 0 spiro atoms. The fraction of sp³-hybridized carbons (Fsp3) is 0.538. The summed E-state index contributed by atoms with van der Waals surface area (Å²) in [5.41, 5.74) is 6.95. The fourth-order valence-electron chi connectivity index (χ4n) is 1.87. The first-order chi connectivity index (χ1) is 8.16. The van der Waals surface area contributed by atoms with E-state index in [2.05, 4.69) is 15.9 Å². The average molecular weight is 300 g/mol. The molecule has 0 amide bonds. The first-order valence-corrected chi connectivity index (χ1v) is 6.75. The highest BCUT2D eigenvalue weighted by molar-refractivity contribution is 9.10. The van der Waals surface area contributed by atoms with E-state index in [1.54, 1.807) is 0 Å². The molecule has 0 unspecified atom stereocenters. The predicted octanol–water partition coefficient (Wildman–Crippen LogP) is 3.03. The smallest absolute Gasteiger partial charge is 0.133 e. The quantitative estimate of drug-likeness (QED) is 0.933. The highest BCUT2D eigenvalue weighted by Crippen LogP contribution is 2.29. The van der Waals surface area contributed by atoms with Gasteiger partial charge in [0.15, 0.2) is 0 Å². The van der Waals surface area contributed by atoms with E-state index in [0.29, 0.717) is 0 Å². The van der Waals surface area contributed by atoms with E-state index in [1.165, 1.54) is 0 Å². The van der Waals surface area contributed by atoms with Crippen molar-refractivity contribution in [1.82, 2.24) is 0 Å². The molecule has 1 heterocycles. The second kappa shape index (κ2) is 5.85. The number of ether oxygens (including phenoxy) is 2. The van der Waals surface area contributed by atoms with Gasteiger partial charge in [-0.05, 0) is 40.5 Å². The van der Waals surface area contributed by atoms with Gasteiger partial charge in [-0.2, -0.15) is 0 Å². The number of rotatable bonds is 3. The van der Waals surface area contributed by atoms with Gasteiger partial charge < -0.3 is 15.2 Å². The Morgan fingerprint density at radius 2 is 2.12 bits per heavy atom. The summed E-state index contributed by atoms with van der Waals surface area (Å²) in [5, 5.41) is 0. The molecule has 17 heavy (non-hydrogen) atoms. The van der Waals surface area contributed by atoms with Gasteiger partial charge >= 0.3 is 0 Å². The van der Waals surface area contributed by atoms with Crippen molar-refractivity contribution >= 4 is 15.9 Å². The molecule has 0 radical (unpaired) electrons. The van der Waals surface area contributed by atoms with E-state index in [9.17, 15) is 0 Å². The van der Waals surface area contributed by atoms with Crippen LogP contribution in [-0.2, 0) is 4.74 Å². The zero-order chi connectivity index (χ0) is 12.3. The summed E-state index contributed by atoms with van der Waals surface area (Å²) in [6, 6.07) is 6.07. The van der Waals surface area contributed by atoms with Crippen LogP contribution in [0.3, 0.4) is 0 Å². The van der Waals surface area contributed by atoms with Gasteiger partial charge in [0.1, 0.15) is 11.9 Å². The molecular weight excluding hydrogens is 282 g/mol. The SMILES string of the molecule is C[C@H](N)c1ccc(OC2CCOCC2)c(Br)c1. The standard InChI is InChI=1S/C13H18BrNO2/c1-9(15)10-2-3-13(12(14)8-10)17-11-4-6-16-7-5-11/h2-3,8-9,11H,4-7,15H2,1H3/t9-/m0/s1. The number of hydrogen-bond acceptors (Lipinski definition) is 3. The van der Waals surface area contributed by atoms with Crippen LogP contribution in [0.25, 0.3) is 0 Å². The Hall–Kier alpha value is -0.580. The summed E-state index contributed by atoms with van der Waals surface area (Å²) in [6.45, 7) is 3.56. The molecular formula is C13H18BrNO2. The molecule has 1 aliphatic rings. The van der Waals surface area contributed by atoms with Gasteiger partial charge in [-0.15, -0.1) is 0 Å². The first-order valence-electron chi connectivity index (χ1n) is 5.96. The number of nitrogens with two attached hydrogens (primary N) is 1. The minimum Gasteiger partial charge on any atom is -0.489 e. The monoisotopic (exact) mass is 299 g/mol. The summed E-state index contributed by atoms with van der Waals surface area (Å²) in [6.07, 6.45) is 2.18. The van der Waals surface area contributed by atoms with Gasteiger partial charge in [-0.1, -0.05) is 6.07 Å². The molecule has 1 saturated heterocycles. The zero-order valence-corrected chi connectivity index (χ0v) is 11.6. The number of hydrogen-bond donors (Lipinski definition) is 1. The molecule has 0 saturated carbocycles. The second-order valence-corrected chi connectivity index (χ2v) is 5.26. The van der Waals surface area contributed by atoms with Crippen molar-refractivity contribution in [2.75, 3.05) is 13.2 Å². The van der Waals surface area contributed by atoms with Gasteiger partial charge in [0.25, 0.3) is 0 Å². The van der Waals surface area contributed by atoms with E-state index in [-0.39, 0.29) is 12.1 Å². The highest BCUT2D eigenvalue weighted by Gasteiger charge is 2.16. The molecule has 1 atom stereocenters. The maximum absolute atomic E-state index is 5.95. The van der Waals surface area contributed by atoms with E-state index in [0.717, 1.165) is 41.8 Å². The Kier molecular flexibility index (Phi) is 4.42. The summed E-state index contributed by atoms with van der Waals surface area (Å²) in [7, 11) is 0.